The summed E-state index contributed by atoms with van der Waals surface area (Å²) in [7, 11) is 0. The molecule has 0 aliphatic heterocycles. The fraction of sp³-hybridized carbons (Fsp3) is 0.400. The van der Waals surface area contributed by atoms with E-state index in [9.17, 15) is 4.79 Å². The Hall–Kier alpha value is -1.57. The number of ether oxygens (including phenoxy) is 1. The first-order valence-electron chi connectivity index (χ1n) is 6.05. The van der Waals surface area contributed by atoms with Gasteiger partial charge in [-0.3, -0.25) is 4.79 Å². The lowest BCUT2D eigenvalue weighted by Crippen LogP contribution is -2.05. The van der Waals surface area contributed by atoms with Gasteiger partial charge in [0.05, 0.1) is 0 Å². The highest BCUT2D eigenvalue weighted by Crippen LogP contribution is 2.05. The maximum Gasteiger partial charge on any atom is 0.306 e. The maximum atomic E-state index is 11.3. The zero-order chi connectivity index (χ0) is 12.5. The Labute approximate surface area is 103 Å². The van der Waals surface area contributed by atoms with Gasteiger partial charge in [0.25, 0.3) is 0 Å². The van der Waals surface area contributed by atoms with Crippen molar-refractivity contribution in [3.63, 3.8) is 0 Å². The summed E-state index contributed by atoms with van der Waals surface area (Å²) in [5.74, 6) is 0.429. The van der Waals surface area contributed by atoms with E-state index in [4.69, 9.17) is 4.74 Å². The molecule has 0 atom stereocenters. The van der Waals surface area contributed by atoms with Crippen LogP contribution in [0.4, 0.5) is 0 Å². The normalized spacial score (nSPS) is 11.0. The number of rotatable bonds is 6. The van der Waals surface area contributed by atoms with Gasteiger partial charge in [0.15, 0.2) is 0 Å². The molecule has 0 fully saturated rings. The molecule has 0 bridgehead atoms. The molecule has 0 amide bonds. The lowest BCUT2D eigenvalue weighted by atomic mass is 10.1. The quantitative estimate of drug-likeness (QED) is 0.699. The van der Waals surface area contributed by atoms with Crippen LogP contribution in [0.25, 0.3) is 6.08 Å². The molecule has 1 rings (SSSR count). The van der Waals surface area contributed by atoms with Crippen molar-refractivity contribution in [2.75, 3.05) is 6.61 Å². The van der Waals surface area contributed by atoms with Crippen molar-refractivity contribution in [3.05, 3.63) is 42.0 Å². The molecule has 0 saturated carbocycles. The predicted octanol–water partition coefficient (Wildman–Crippen LogP) is 3.68. The van der Waals surface area contributed by atoms with Gasteiger partial charge in [-0.1, -0.05) is 50.3 Å². The Morgan fingerprint density at radius 1 is 1.29 bits per heavy atom. The minimum Gasteiger partial charge on any atom is -0.461 e. The molecule has 92 valence electrons. The van der Waals surface area contributed by atoms with E-state index in [1.807, 2.05) is 42.5 Å². The number of hydrogen-bond acceptors (Lipinski definition) is 2. The van der Waals surface area contributed by atoms with Crippen LogP contribution < -0.4 is 0 Å². The Bertz CT molecular complexity index is 352. The highest BCUT2D eigenvalue weighted by atomic mass is 16.5. The van der Waals surface area contributed by atoms with Crippen molar-refractivity contribution in [1.29, 1.82) is 0 Å². The van der Waals surface area contributed by atoms with E-state index in [2.05, 4.69) is 13.8 Å². The molecule has 17 heavy (non-hydrogen) atoms. The number of carbonyl (C=O) groups excluding carboxylic acids is 1. The van der Waals surface area contributed by atoms with Gasteiger partial charge in [-0.25, -0.2) is 0 Å². The molecule has 2 nitrogen and oxygen atoms in total. The Morgan fingerprint density at radius 3 is 2.65 bits per heavy atom. The molecule has 0 spiro atoms. The summed E-state index contributed by atoms with van der Waals surface area (Å²) < 4.78 is 5.09. The van der Waals surface area contributed by atoms with E-state index in [1.54, 1.807) is 0 Å². The number of carbonyl (C=O) groups is 1. The summed E-state index contributed by atoms with van der Waals surface area (Å²) in [6, 6.07) is 9.96. The van der Waals surface area contributed by atoms with Crippen LogP contribution in [0.1, 0.15) is 32.3 Å². The van der Waals surface area contributed by atoms with E-state index in [1.165, 1.54) is 0 Å². The summed E-state index contributed by atoms with van der Waals surface area (Å²) in [6.07, 6.45) is 5.22. The van der Waals surface area contributed by atoms with Gasteiger partial charge in [0, 0.05) is 6.42 Å². The van der Waals surface area contributed by atoms with E-state index < -0.39 is 0 Å². The third-order valence-corrected chi connectivity index (χ3v) is 2.38. The predicted molar refractivity (Wildman–Crippen MR) is 70.5 cm³/mol. The van der Waals surface area contributed by atoms with Crippen molar-refractivity contribution in [3.8, 4) is 0 Å². The van der Waals surface area contributed by atoms with Crippen LogP contribution in [0.5, 0.6) is 0 Å². The summed E-state index contributed by atoms with van der Waals surface area (Å²) in [5, 5.41) is 0. The molecule has 1 aromatic rings. The average Bonchev–Trinajstić information content (AvgIpc) is 2.33. The standard InChI is InChI=1S/C15H20O2/c1-13(2)10-11-15(16)17-12-6-9-14-7-4-3-5-8-14/h3-9,13H,10-12H2,1-2H3/b9-6+. The van der Waals surface area contributed by atoms with Crippen LogP contribution in [0.15, 0.2) is 36.4 Å². The molecule has 0 heterocycles. The maximum absolute atomic E-state index is 11.3. The van der Waals surface area contributed by atoms with Crippen molar-refractivity contribution in [2.24, 2.45) is 5.92 Å². The Balaban J connectivity index is 2.19. The van der Waals surface area contributed by atoms with Gasteiger partial charge in [-0.15, -0.1) is 0 Å². The Kier molecular flexibility index (Phi) is 6.08. The smallest absolute Gasteiger partial charge is 0.306 e. The van der Waals surface area contributed by atoms with Crippen molar-refractivity contribution >= 4 is 12.0 Å². The minimum absolute atomic E-state index is 0.114. The first-order chi connectivity index (χ1) is 8.18. The van der Waals surface area contributed by atoms with Crippen LogP contribution in [0.2, 0.25) is 0 Å². The van der Waals surface area contributed by atoms with Gasteiger partial charge < -0.3 is 4.74 Å². The summed E-state index contributed by atoms with van der Waals surface area (Å²) in [5.41, 5.74) is 1.12. The van der Waals surface area contributed by atoms with Crippen molar-refractivity contribution in [2.45, 2.75) is 26.7 Å². The van der Waals surface area contributed by atoms with Crippen molar-refractivity contribution < 1.29 is 9.53 Å². The first-order valence-corrected chi connectivity index (χ1v) is 6.05. The molecule has 0 unspecified atom stereocenters. The molecule has 0 saturated heterocycles. The lowest BCUT2D eigenvalue weighted by Gasteiger charge is -2.03. The molecular formula is C15H20O2. The van der Waals surface area contributed by atoms with Crippen LogP contribution in [-0.4, -0.2) is 12.6 Å². The largest absolute Gasteiger partial charge is 0.461 e. The fourth-order valence-corrected chi connectivity index (χ4v) is 1.37. The second kappa shape index (κ2) is 7.66. The van der Waals surface area contributed by atoms with E-state index >= 15 is 0 Å². The van der Waals surface area contributed by atoms with Gasteiger partial charge in [0.1, 0.15) is 6.61 Å². The van der Waals surface area contributed by atoms with Gasteiger partial charge in [0.2, 0.25) is 0 Å². The molecular weight excluding hydrogens is 212 g/mol. The third-order valence-electron chi connectivity index (χ3n) is 2.38. The van der Waals surface area contributed by atoms with Crippen LogP contribution in [0.3, 0.4) is 0 Å². The topological polar surface area (TPSA) is 26.3 Å². The minimum atomic E-state index is -0.114. The summed E-state index contributed by atoms with van der Waals surface area (Å²) in [6.45, 7) is 4.55. The van der Waals surface area contributed by atoms with Crippen LogP contribution >= 0.6 is 0 Å². The summed E-state index contributed by atoms with van der Waals surface area (Å²) >= 11 is 0. The van der Waals surface area contributed by atoms with E-state index in [-0.39, 0.29) is 5.97 Å². The zero-order valence-corrected chi connectivity index (χ0v) is 10.6. The number of esters is 1. The monoisotopic (exact) mass is 232 g/mol. The van der Waals surface area contributed by atoms with Crippen molar-refractivity contribution in [1.82, 2.24) is 0 Å². The third kappa shape index (κ3) is 6.56. The molecule has 1 aromatic carbocycles. The molecule has 2 heteroatoms. The molecule has 0 N–H and O–H groups in total. The van der Waals surface area contributed by atoms with Crippen LogP contribution in [-0.2, 0) is 9.53 Å². The Morgan fingerprint density at radius 2 is 2.00 bits per heavy atom. The van der Waals surface area contributed by atoms with Gasteiger partial charge in [-0.05, 0) is 24.0 Å². The first kappa shape index (κ1) is 13.5. The van der Waals surface area contributed by atoms with E-state index in [0.717, 1.165) is 12.0 Å². The van der Waals surface area contributed by atoms with Gasteiger partial charge >= 0.3 is 5.97 Å². The average molecular weight is 232 g/mol. The summed E-state index contributed by atoms with van der Waals surface area (Å²) in [4.78, 5) is 11.3. The molecule has 0 aliphatic carbocycles. The second-order valence-electron chi connectivity index (χ2n) is 4.43. The molecule has 0 aromatic heterocycles. The molecule has 0 radical (unpaired) electrons. The fourth-order valence-electron chi connectivity index (χ4n) is 1.37. The van der Waals surface area contributed by atoms with Gasteiger partial charge in [-0.2, -0.15) is 0 Å². The lowest BCUT2D eigenvalue weighted by molar-refractivity contribution is -0.142. The molecule has 0 aliphatic rings. The number of benzene rings is 1. The SMILES string of the molecule is CC(C)CCC(=O)OC/C=C/c1ccccc1. The number of hydrogen-bond donors (Lipinski definition) is 0. The zero-order valence-electron chi connectivity index (χ0n) is 10.6. The second-order valence-corrected chi connectivity index (χ2v) is 4.43. The van der Waals surface area contributed by atoms with E-state index in [0.29, 0.717) is 18.9 Å². The highest BCUT2D eigenvalue weighted by Gasteiger charge is 2.02. The van der Waals surface area contributed by atoms with Crippen LogP contribution in [0, 0.1) is 5.92 Å². The highest BCUT2D eigenvalue weighted by molar-refractivity contribution is 5.69.